The number of esters is 1. The molecule has 0 spiro atoms. The molecule has 9 nitrogen and oxygen atoms in total. The van der Waals surface area contributed by atoms with E-state index in [0.29, 0.717) is 0 Å². The van der Waals surface area contributed by atoms with E-state index < -0.39 is 34.5 Å². The second kappa shape index (κ2) is 9.26. The highest BCUT2D eigenvalue weighted by Gasteiger charge is 2.64. The highest BCUT2D eigenvalue weighted by molar-refractivity contribution is 8.01. The summed E-state index contributed by atoms with van der Waals surface area (Å²) in [4.78, 5) is 51.1. The molecular weight excluding hydrogens is 472 g/mol. The number of amides is 2. The Kier molecular flexibility index (Phi) is 6.99. The second-order valence-corrected chi connectivity index (χ2v) is 10.2. The number of carbonyl (C=O) groups is 3. The molecule has 0 radical (unpaired) electrons. The van der Waals surface area contributed by atoms with E-state index in [1.165, 1.54) is 23.6 Å². The molecule has 2 saturated heterocycles. The number of benzene rings is 1. The van der Waals surface area contributed by atoms with E-state index in [4.69, 9.17) is 13.6 Å². The van der Waals surface area contributed by atoms with Crippen molar-refractivity contribution in [2.75, 3.05) is 0 Å². The van der Waals surface area contributed by atoms with Crippen molar-refractivity contribution in [1.82, 2.24) is 10.2 Å². The normalized spacial score (nSPS) is 23.7. The minimum absolute atomic E-state index is 0. The fourth-order valence-electron chi connectivity index (χ4n) is 4.02. The lowest BCUT2D eigenvalue weighted by molar-refractivity contribution is -0.165. The quantitative estimate of drug-likeness (QED) is 0.478. The number of hydrogen-bond acceptors (Lipinski definition) is 8. The first-order chi connectivity index (χ1) is 15.1. The number of carbonyl (C=O) groups excluding carboxylic acids is 3. The zero-order valence-electron chi connectivity index (χ0n) is 18.5. The minimum Gasteiger partial charge on any atom is -0.456 e. The summed E-state index contributed by atoms with van der Waals surface area (Å²) in [5, 5.41) is 2.47. The zero-order valence-corrected chi connectivity index (χ0v) is 20.2. The van der Waals surface area contributed by atoms with Gasteiger partial charge in [0.2, 0.25) is 11.8 Å². The Morgan fingerprint density at radius 2 is 1.88 bits per heavy atom. The van der Waals surface area contributed by atoms with E-state index in [-0.39, 0.29) is 47.7 Å². The number of nitrogens with one attached hydrogen (secondary N) is 1. The van der Waals surface area contributed by atoms with Gasteiger partial charge < -0.3 is 23.8 Å². The van der Waals surface area contributed by atoms with Crippen molar-refractivity contribution in [2.45, 2.75) is 62.4 Å². The van der Waals surface area contributed by atoms with E-state index in [2.05, 4.69) is 5.32 Å². The summed E-state index contributed by atoms with van der Waals surface area (Å²) in [7, 11) is 0. The number of hydrogen-bond donors (Lipinski definition) is 1. The van der Waals surface area contributed by atoms with Crippen LogP contribution in [0, 0.1) is 6.92 Å². The molecule has 0 unspecified atom stereocenters. The van der Waals surface area contributed by atoms with Gasteiger partial charge in [-0.15, -0.1) is 24.2 Å². The lowest BCUT2D eigenvalue weighted by Gasteiger charge is -2.44. The van der Waals surface area contributed by atoms with Gasteiger partial charge in [0.05, 0.1) is 5.92 Å². The third-order valence-electron chi connectivity index (χ3n) is 5.84. The lowest BCUT2D eigenvalue weighted by atomic mass is 9.95. The topological polar surface area (TPSA) is 119 Å². The molecule has 2 amide bonds. The Hall–Kier alpha value is -2.72. The summed E-state index contributed by atoms with van der Waals surface area (Å²) >= 11 is 1.44. The van der Waals surface area contributed by atoms with Crippen LogP contribution >= 0.6 is 24.2 Å². The summed E-state index contributed by atoms with van der Waals surface area (Å²) in [6, 6.07) is 7.78. The average Bonchev–Trinajstić information content (AvgIpc) is 3.22. The van der Waals surface area contributed by atoms with E-state index in [1.54, 1.807) is 6.92 Å². The summed E-state index contributed by atoms with van der Waals surface area (Å²) in [6.45, 7) is 6.75. The Balaban J connectivity index is 0.00000306. The summed E-state index contributed by atoms with van der Waals surface area (Å²) in [5.74, 6) is -2.10. The van der Waals surface area contributed by atoms with Gasteiger partial charge >= 0.3 is 11.8 Å². The number of aryl methyl sites for hydroxylation is 1. The van der Waals surface area contributed by atoms with Gasteiger partial charge in [0, 0.05) is 4.75 Å². The van der Waals surface area contributed by atoms with E-state index in [9.17, 15) is 19.2 Å². The smallest absolute Gasteiger partial charge is 0.456 e. The molecule has 2 aliphatic heterocycles. The van der Waals surface area contributed by atoms with Gasteiger partial charge in [-0.2, -0.15) is 0 Å². The molecule has 0 saturated carbocycles. The highest BCUT2D eigenvalue weighted by atomic mass is 35.5. The van der Waals surface area contributed by atoms with Crippen LogP contribution < -0.4 is 11.1 Å². The first kappa shape index (κ1) is 24.9. The van der Waals surface area contributed by atoms with Crippen LogP contribution in [-0.2, 0) is 25.7 Å². The largest absolute Gasteiger partial charge is 0.519 e. The number of nitrogens with zero attached hydrogens (tertiary/aromatic N) is 1. The molecule has 178 valence electrons. The maximum atomic E-state index is 12.9. The van der Waals surface area contributed by atoms with Crippen LogP contribution in [0.5, 0.6) is 0 Å². The monoisotopic (exact) mass is 496 g/mol. The number of halogens is 1. The maximum absolute atomic E-state index is 12.9. The van der Waals surface area contributed by atoms with Crippen LogP contribution in [0.1, 0.15) is 43.8 Å². The fourth-order valence-corrected chi connectivity index (χ4v) is 5.64. The van der Waals surface area contributed by atoms with Gasteiger partial charge in [-0.1, -0.05) is 30.3 Å². The number of β-lactam (4-membered cyclic amide) rings is 1. The Bertz CT molecular complexity index is 1110. The van der Waals surface area contributed by atoms with E-state index in [0.717, 1.165) is 5.56 Å². The van der Waals surface area contributed by atoms with Gasteiger partial charge in [0.15, 0.2) is 18.1 Å². The number of rotatable bonds is 6. The predicted molar refractivity (Wildman–Crippen MR) is 122 cm³/mol. The van der Waals surface area contributed by atoms with Crippen LogP contribution in [0.3, 0.4) is 0 Å². The van der Waals surface area contributed by atoms with Crippen molar-refractivity contribution in [3.63, 3.8) is 0 Å². The molecule has 11 heteroatoms. The molecule has 0 bridgehead atoms. The maximum Gasteiger partial charge on any atom is 0.519 e. The zero-order chi connectivity index (χ0) is 23.2. The molecule has 1 aromatic heterocycles. The van der Waals surface area contributed by atoms with Crippen molar-refractivity contribution < 1.29 is 28.0 Å². The molecule has 2 fully saturated rings. The Morgan fingerprint density at radius 1 is 1.21 bits per heavy atom. The van der Waals surface area contributed by atoms with E-state index >= 15 is 0 Å². The number of ether oxygens (including phenoxy) is 1. The third-order valence-corrected chi connectivity index (χ3v) is 7.41. The summed E-state index contributed by atoms with van der Waals surface area (Å²) in [5.41, 5.74) is 0.857. The van der Waals surface area contributed by atoms with E-state index in [1.807, 2.05) is 44.2 Å². The van der Waals surface area contributed by atoms with Gasteiger partial charge in [0.25, 0.3) is 0 Å². The standard InChI is InChI=1S/C22H24N2O7S.ClH/c1-11(13-8-6-5-7-9-13)17(25)23-15-18(26)24-16(22(3,4)32-19(15)24)20(27)29-10-14-12(2)30-21(28)31-14;/h5-9,11,15-16,19H,10H2,1-4H3,(H,23,25);1H/t11-,15-,16+,19-;/m1./s1. The molecule has 3 heterocycles. The first-order valence-electron chi connectivity index (χ1n) is 10.2. The average molecular weight is 497 g/mol. The third kappa shape index (κ3) is 4.54. The molecule has 1 N–H and O–H groups in total. The predicted octanol–water partition coefficient (Wildman–Crippen LogP) is 2.36. The van der Waals surface area contributed by atoms with Crippen molar-refractivity contribution >= 4 is 42.0 Å². The number of fused-ring (bicyclic) bond motifs is 1. The van der Waals surface area contributed by atoms with Crippen molar-refractivity contribution in [3.05, 3.63) is 58.0 Å². The molecule has 0 aliphatic carbocycles. The lowest BCUT2D eigenvalue weighted by Crippen LogP contribution is -2.71. The van der Waals surface area contributed by atoms with Gasteiger partial charge in [-0.3, -0.25) is 9.59 Å². The SMILES string of the molecule is Cc1oc(=O)oc1COC(=O)[C@@H]1N2C(=O)[C@@H](NC(=O)[C@H](C)c3ccccc3)[C@H]2SC1(C)C.Cl. The molecule has 1 aromatic carbocycles. The number of thioether (sulfide) groups is 1. The van der Waals surface area contributed by atoms with Gasteiger partial charge in [0.1, 0.15) is 17.5 Å². The minimum atomic E-state index is -0.869. The molecule has 33 heavy (non-hydrogen) atoms. The van der Waals surface area contributed by atoms with Crippen molar-refractivity contribution in [2.24, 2.45) is 0 Å². The molecule has 4 atom stereocenters. The van der Waals surface area contributed by atoms with Gasteiger partial charge in [-0.05, 0) is 33.3 Å². The molecule has 2 aromatic rings. The van der Waals surface area contributed by atoms with Crippen LogP contribution in [0.4, 0.5) is 0 Å². The molecule has 2 aliphatic rings. The fraction of sp³-hybridized carbons (Fsp3) is 0.455. The summed E-state index contributed by atoms with van der Waals surface area (Å²) < 4.78 is 14.3. The van der Waals surface area contributed by atoms with Crippen LogP contribution in [-0.4, -0.2) is 44.9 Å². The Morgan fingerprint density at radius 3 is 2.48 bits per heavy atom. The highest BCUT2D eigenvalue weighted by Crippen LogP contribution is 2.51. The van der Waals surface area contributed by atoms with Crippen molar-refractivity contribution in [1.29, 1.82) is 0 Å². The molecular formula is C22H25ClN2O7S. The molecule has 4 rings (SSSR count). The second-order valence-electron chi connectivity index (χ2n) is 8.42. The van der Waals surface area contributed by atoms with Crippen LogP contribution in [0.15, 0.2) is 44.0 Å². The van der Waals surface area contributed by atoms with Crippen LogP contribution in [0.25, 0.3) is 0 Å². The van der Waals surface area contributed by atoms with Crippen molar-refractivity contribution in [3.8, 4) is 0 Å². The first-order valence-corrected chi connectivity index (χ1v) is 11.1. The van der Waals surface area contributed by atoms with Crippen LogP contribution in [0.2, 0.25) is 0 Å². The van der Waals surface area contributed by atoms with Gasteiger partial charge in [-0.25, -0.2) is 9.59 Å². The Labute approximate surface area is 200 Å². The summed E-state index contributed by atoms with van der Waals surface area (Å²) in [6.07, 6.45) is 0.